The van der Waals surface area contributed by atoms with Gasteiger partial charge in [-0.15, -0.1) is 0 Å². The minimum absolute atomic E-state index is 0.0494. The van der Waals surface area contributed by atoms with Gasteiger partial charge in [0.05, 0.1) is 24.3 Å². The SMILES string of the molecule is CC(C)Oc1ccc(-c2nc(-c3cccc4c3CCCC4N(CCO)C(=O)O)no2)cc1C#N. The molecule has 1 aliphatic rings. The molecule has 1 unspecified atom stereocenters. The molecule has 9 heteroatoms. The fourth-order valence-electron chi connectivity index (χ4n) is 4.41. The number of aliphatic hydroxyl groups is 1. The van der Waals surface area contributed by atoms with Gasteiger partial charge < -0.3 is 19.5 Å². The maximum absolute atomic E-state index is 11.8. The van der Waals surface area contributed by atoms with Crippen molar-refractivity contribution in [3.8, 4) is 34.7 Å². The monoisotopic (exact) mass is 462 g/mol. The number of nitriles is 1. The van der Waals surface area contributed by atoms with Crippen molar-refractivity contribution in [1.82, 2.24) is 15.0 Å². The average Bonchev–Trinajstić information content (AvgIpc) is 3.31. The molecule has 3 aromatic rings. The first-order valence-corrected chi connectivity index (χ1v) is 11.2. The summed E-state index contributed by atoms with van der Waals surface area (Å²) in [4.78, 5) is 17.6. The van der Waals surface area contributed by atoms with Crippen molar-refractivity contribution in [2.24, 2.45) is 0 Å². The summed E-state index contributed by atoms with van der Waals surface area (Å²) in [5, 5.41) is 32.7. The Morgan fingerprint density at radius 1 is 1.35 bits per heavy atom. The van der Waals surface area contributed by atoms with Crippen LogP contribution < -0.4 is 4.74 Å². The zero-order chi connectivity index (χ0) is 24.2. The minimum atomic E-state index is -1.06. The molecule has 0 spiro atoms. The highest BCUT2D eigenvalue weighted by Gasteiger charge is 2.31. The van der Waals surface area contributed by atoms with Crippen LogP contribution in [0.25, 0.3) is 22.8 Å². The Kier molecular flexibility index (Phi) is 6.80. The highest BCUT2D eigenvalue weighted by molar-refractivity contribution is 5.69. The lowest BCUT2D eigenvalue weighted by molar-refractivity contribution is 0.104. The van der Waals surface area contributed by atoms with Gasteiger partial charge in [-0.3, -0.25) is 4.90 Å². The summed E-state index contributed by atoms with van der Waals surface area (Å²) in [6.07, 6.45) is 1.13. The van der Waals surface area contributed by atoms with E-state index in [1.807, 2.05) is 32.0 Å². The molecule has 0 aliphatic heterocycles. The van der Waals surface area contributed by atoms with Crippen LogP contribution in [0.2, 0.25) is 0 Å². The lowest BCUT2D eigenvalue weighted by Gasteiger charge is -2.34. The second-order valence-electron chi connectivity index (χ2n) is 8.39. The van der Waals surface area contributed by atoms with Crippen LogP contribution in [0.5, 0.6) is 5.75 Å². The molecule has 1 heterocycles. The molecular formula is C25H26N4O5. The third kappa shape index (κ3) is 4.58. The third-order valence-electron chi connectivity index (χ3n) is 5.81. The highest BCUT2D eigenvalue weighted by Crippen LogP contribution is 2.39. The van der Waals surface area contributed by atoms with Crippen LogP contribution in [0.3, 0.4) is 0 Å². The van der Waals surface area contributed by atoms with Crippen LogP contribution >= 0.6 is 0 Å². The van der Waals surface area contributed by atoms with Crippen molar-refractivity contribution in [2.45, 2.75) is 45.3 Å². The summed E-state index contributed by atoms with van der Waals surface area (Å²) in [7, 11) is 0. The molecule has 176 valence electrons. The zero-order valence-corrected chi connectivity index (χ0v) is 19.1. The van der Waals surface area contributed by atoms with Crippen molar-refractivity contribution < 1.29 is 24.3 Å². The number of aliphatic hydroxyl groups excluding tert-OH is 1. The number of aromatic nitrogens is 2. The summed E-state index contributed by atoms with van der Waals surface area (Å²) < 4.78 is 11.2. The van der Waals surface area contributed by atoms with Crippen LogP contribution in [0.15, 0.2) is 40.9 Å². The van der Waals surface area contributed by atoms with Gasteiger partial charge >= 0.3 is 6.09 Å². The Balaban J connectivity index is 1.68. The zero-order valence-electron chi connectivity index (χ0n) is 19.1. The van der Waals surface area contributed by atoms with Gasteiger partial charge in [0.15, 0.2) is 0 Å². The molecule has 1 atom stereocenters. The summed E-state index contributed by atoms with van der Waals surface area (Å²) >= 11 is 0. The van der Waals surface area contributed by atoms with Crippen molar-refractivity contribution in [1.29, 1.82) is 5.26 Å². The quantitative estimate of drug-likeness (QED) is 0.527. The molecule has 4 rings (SSSR count). The fourth-order valence-corrected chi connectivity index (χ4v) is 4.41. The normalized spacial score (nSPS) is 15.0. The number of hydrogen-bond donors (Lipinski definition) is 2. The molecule has 0 saturated heterocycles. The number of fused-ring (bicyclic) bond motifs is 1. The maximum Gasteiger partial charge on any atom is 0.407 e. The van der Waals surface area contributed by atoms with E-state index in [1.165, 1.54) is 4.90 Å². The largest absolute Gasteiger partial charge is 0.490 e. The fraction of sp³-hybridized carbons (Fsp3) is 0.360. The summed E-state index contributed by atoms with van der Waals surface area (Å²) in [6.45, 7) is 3.60. The number of carboxylic acid groups (broad SMARTS) is 1. The van der Waals surface area contributed by atoms with Crippen molar-refractivity contribution >= 4 is 6.09 Å². The van der Waals surface area contributed by atoms with Crippen LogP contribution in [0, 0.1) is 11.3 Å². The Morgan fingerprint density at radius 3 is 2.88 bits per heavy atom. The highest BCUT2D eigenvalue weighted by atomic mass is 16.5. The van der Waals surface area contributed by atoms with E-state index >= 15 is 0 Å². The van der Waals surface area contributed by atoms with Crippen molar-refractivity contribution in [3.63, 3.8) is 0 Å². The maximum atomic E-state index is 11.8. The number of carbonyl (C=O) groups is 1. The van der Waals surface area contributed by atoms with Gasteiger partial charge in [-0.1, -0.05) is 23.4 Å². The predicted octanol–water partition coefficient (Wildman–Crippen LogP) is 4.41. The summed E-state index contributed by atoms with van der Waals surface area (Å²) in [5.74, 6) is 1.17. The first-order chi connectivity index (χ1) is 16.4. The Labute approximate surface area is 197 Å². The molecule has 0 fully saturated rings. The lowest BCUT2D eigenvalue weighted by atomic mass is 9.84. The molecule has 1 aromatic heterocycles. The van der Waals surface area contributed by atoms with E-state index < -0.39 is 6.09 Å². The van der Waals surface area contributed by atoms with E-state index in [0.717, 1.165) is 29.5 Å². The Bertz CT molecular complexity index is 1230. The summed E-state index contributed by atoms with van der Waals surface area (Å²) in [5.41, 5.74) is 3.64. The molecular weight excluding hydrogens is 436 g/mol. The van der Waals surface area contributed by atoms with Crippen LogP contribution in [0.4, 0.5) is 4.79 Å². The predicted molar refractivity (Wildman–Crippen MR) is 123 cm³/mol. The van der Waals surface area contributed by atoms with E-state index in [0.29, 0.717) is 29.1 Å². The van der Waals surface area contributed by atoms with Gasteiger partial charge in [0.2, 0.25) is 5.82 Å². The van der Waals surface area contributed by atoms with E-state index in [2.05, 4.69) is 16.2 Å². The smallest absolute Gasteiger partial charge is 0.407 e. The molecule has 9 nitrogen and oxygen atoms in total. The minimum Gasteiger partial charge on any atom is -0.490 e. The average molecular weight is 463 g/mol. The van der Waals surface area contributed by atoms with Gasteiger partial charge in [0.1, 0.15) is 11.8 Å². The van der Waals surface area contributed by atoms with Gasteiger partial charge in [-0.05, 0) is 62.4 Å². The number of rotatable bonds is 7. The van der Waals surface area contributed by atoms with Gasteiger partial charge in [0.25, 0.3) is 5.89 Å². The van der Waals surface area contributed by atoms with E-state index in [9.17, 15) is 20.3 Å². The van der Waals surface area contributed by atoms with E-state index in [-0.39, 0.29) is 31.2 Å². The summed E-state index contributed by atoms with van der Waals surface area (Å²) in [6, 6.07) is 12.6. The number of ether oxygens (including phenoxy) is 1. The second kappa shape index (κ2) is 9.93. The molecule has 1 aliphatic carbocycles. The topological polar surface area (TPSA) is 133 Å². The molecule has 1 amide bonds. The second-order valence-corrected chi connectivity index (χ2v) is 8.39. The van der Waals surface area contributed by atoms with Gasteiger partial charge in [-0.2, -0.15) is 10.2 Å². The lowest BCUT2D eigenvalue weighted by Crippen LogP contribution is -2.37. The third-order valence-corrected chi connectivity index (χ3v) is 5.81. The Hall–Kier alpha value is -3.90. The molecule has 0 bridgehead atoms. The number of benzene rings is 2. The van der Waals surface area contributed by atoms with E-state index in [1.54, 1.807) is 18.2 Å². The molecule has 2 N–H and O–H groups in total. The van der Waals surface area contributed by atoms with Crippen LogP contribution in [-0.2, 0) is 6.42 Å². The molecule has 0 saturated carbocycles. The van der Waals surface area contributed by atoms with Gasteiger partial charge in [0, 0.05) is 17.7 Å². The first kappa shape index (κ1) is 23.3. The molecule has 0 radical (unpaired) electrons. The number of nitrogens with zero attached hydrogens (tertiary/aromatic N) is 4. The van der Waals surface area contributed by atoms with Crippen molar-refractivity contribution in [3.05, 3.63) is 53.1 Å². The first-order valence-electron chi connectivity index (χ1n) is 11.2. The standard InChI is InChI=1S/C25H26N4O5/c1-15(2)33-22-10-9-16(13-17(22)14-26)24-27-23(28-34-24)20-7-3-6-19-18(20)5-4-8-21(19)29(11-12-30)25(31)32/h3,6-7,9-10,13,15,21,30H,4-5,8,11-12H2,1-2H3,(H,31,32). The number of amides is 1. The molecule has 34 heavy (non-hydrogen) atoms. The number of hydrogen-bond acceptors (Lipinski definition) is 7. The molecule has 2 aromatic carbocycles. The van der Waals surface area contributed by atoms with Gasteiger partial charge in [-0.25, -0.2) is 4.79 Å². The van der Waals surface area contributed by atoms with Crippen molar-refractivity contribution in [2.75, 3.05) is 13.2 Å². The Morgan fingerprint density at radius 2 is 2.18 bits per heavy atom. The van der Waals surface area contributed by atoms with Crippen LogP contribution in [-0.4, -0.2) is 50.6 Å². The van der Waals surface area contributed by atoms with Crippen LogP contribution in [0.1, 0.15) is 49.4 Å². The van der Waals surface area contributed by atoms with E-state index in [4.69, 9.17) is 9.26 Å².